The topological polar surface area (TPSA) is 122 Å². The van der Waals surface area contributed by atoms with Gasteiger partial charge in [0.25, 0.3) is 0 Å². The lowest BCUT2D eigenvalue weighted by Gasteiger charge is -2.12. The van der Waals surface area contributed by atoms with Gasteiger partial charge in [-0.05, 0) is 6.92 Å². The predicted octanol–water partition coefficient (Wildman–Crippen LogP) is -0.976. The van der Waals surface area contributed by atoms with Gasteiger partial charge in [0, 0.05) is 19.0 Å². The second kappa shape index (κ2) is 6.63. The van der Waals surface area contributed by atoms with E-state index in [-0.39, 0.29) is 25.4 Å². The molecule has 0 aliphatic rings. The van der Waals surface area contributed by atoms with Crippen molar-refractivity contribution < 1.29 is 19.5 Å². The summed E-state index contributed by atoms with van der Waals surface area (Å²) in [5, 5.41) is 13.1. The fourth-order valence-electron chi connectivity index (χ4n) is 0.911. The lowest BCUT2D eigenvalue weighted by Crippen LogP contribution is -2.42. The van der Waals surface area contributed by atoms with E-state index >= 15 is 0 Å². The lowest BCUT2D eigenvalue weighted by atomic mass is 10.2. The highest BCUT2D eigenvalue weighted by molar-refractivity contribution is 5.78. The molecule has 15 heavy (non-hydrogen) atoms. The lowest BCUT2D eigenvalue weighted by molar-refractivity contribution is -0.136. The highest BCUT2D eigenvalue weighted by Crippen LogP contribution is 1.88. The van der Waals surface area contributed by atoms with E-state index in [0.29, 0.717) is 0 Å². The van der Waals surface area contributed by atoms with Gasteiger partial charge in [-0.25, -0.2) is 4.79 Å². The number of nitrogens with two attached hydrogens (primary N) is 1. The second-order valence-electron chi connectivity index (χ2n) is 3.12. The largest absolute Gasteiger partial charge is 0.481 e. The van der Waals surface area contributed by atoms with Gasteiger partial charge < -0.3 is 21.5 Å². The first kappa shape index (κ1) is 13.2. The summed E-state index contributed by atoms with van der Waals surface area (Å²) in [5.41, 5.74) is 4.92. The van der Waals surface area contributed by atoms with Crippen molar-refractivity contribution in [2.75, 3.05) is 6.54 Å². The molecule has 7 heteroatoms. The molecule has 0 spiro atoms. The number of primary amides is 1. The van der Waals surface area contributed by atoms with E-state index in [0.717, 1.165) is 0 Å². The number of rotatable bonds is 6. The first-order valence-corrected chi connectivity index (χ1v) is 4.46. The van der Waals surface area contributed by atoms with Crippen molar-refractivity contribution in [2.24, 2.45) is 5.73 Å². The highest BCUT2D eigenvalue weighted by atomic mass is 16.4. The van der Waals surface area contributed by atoms with Crippen LogP contribution in [0.25, 0.3) is 0 Å². The van der Waals surface area contributed by atoms with E-state index in [4.69, 9.17) is 10.8 Å². The van der Waals surface area contributed by atoms with E-state index in [2.05, 4.69) is 10.6 Å². The minimum absolute atomic E-state index is 0.0461. The van der Waals surface area contributed by atoms with E-state index in [1.54, 1.807) is 6.92 Å². The van der Waals surface area contributed by atoms with Gasteiger partial charge in [0.2, 0.25) is 5.91 Å². The third-order valence-electron chi connectivity index (χ3n) is 1.51. The maximum Gasteiger partial charge on any atom is 0.315 e. The third-order valence-corrected chi connectivity index (χ3v) is 1.51. The van der Waals surface area contributed by atoms with Crippen molar-refractivity contribution in [3.05, 3.63) is 0 Å². The van der Waals surface area contributed by atoms with Crippen LogP contribution in [0.4, 0.5) is 4.79 Å². The molecule has 0 rings (SSSR count). The van der Waals surface area contributed by atoms with Gasteiger partial charge in [-0.15, -0.1) is 0 Å². The summed E-state index contributed by atoms with van der Waals surface area (Å²) in [4.78, 5) is 31.6. The Morgan fingerprint density at radius 3 is 2.47 bits per heavy atom. The van der Waals surface area contributed by atoms with Crippen LogP contribution >= 0.6 is 0 Å². The monoisotopic (exact) mass is 217 g/mol. The molecule has 1 unspecified atom stereocenters. The fraction of sp³-hybridized carbons (Fsp3) is 0.625. The van der Waals surface area contributed by atoms with Gasteiger partial charge in [0.15, 0.2) is 0 Å². The molecule has 5 N–H and O–H groups in total. The number of hydrogen-bond donors (Lipinski definition) is 4. The van der Waals surface area contributed by atoms with Crippen LogP contribution in [0, 0.1) is 0 Å². The quantitative estimate of drug-likeness (QED) is 0.457. The van der Waals surface area contributed by atoms with Crippen molar-refractivity contribution in [1.29, 1.82) is 0 Å². The molecule has 0 fully saturated rings. The smallest absolute Gasteiger partial charge is 0.315 e. The number of nitrogens with one attached hydrogen (secondary N) is 2. The molecule has 7 nitrogen and oxygen atoms in total. The third kappa shape index (κ3) is 8.54. The Kier molecular flexibility index (Phi) is 5.84. The first-order valence-electron chi connectivity index (χ1n) is 4.46. The molecule has 0 aromatic heterocycles. The zero-order valence-corrected chi connectivity index (χ0v) is 8.45. The van der Waals surface area contributed by atoms with Gasteiger partial charge in [0.1, 0.15) is 0 Å². The second-order valence-corrected chi connectivity index (χ2v) is 3.12. The Morgan fingerprint density at radius 2 is 2.00 bits per heavy atom. The number of carboxylic acids is 1. The molecule has 0 aromatic rings. The Hall–Kier alpha value is -1.79. The summed E-state index contributed by atoms with van der Waals surface area (Å²) in [6.07, 6.45) is -0.0933. The Bertz CT molecular complexity index is 254. The van der Waals surface area contributed by atoms with E-state index < -0.39 is 17.9 Å². The van der Waals surface area contributed by atoms with E-state index in [1.165, 1.54) is 0 Å². The molecular formula is C8H15N3O4. The Morgan fingerprint density at radius 1 is 1.40 bits per heavy atom. The Labute approximate surface area is 87.0 Å². The van der Waals surface area contributed by atoms with Crippen molar-refractivity contribution >= 4 is 17.9 Å². The summed E-state index contributed by atoms with van der Waals surface area (Å²) in [7, 11) is 0. The van der Waals surface area contributed by atoms with Gasteiger partial charge in [-0.3, -0.25) is 9.59 Å². The van der Waals surface area contributed by atoms with Gasteiger partial charge >= 0.3 is 12.0 Å². The van der Waals surface area contributed by atoms with Crippen LogP contribution < -0.4 is 16.4 Å². The van der Waals surface area contributed by atoms with Crippen LogP contribution in [0.5, 0.6) is 0 Å². The molecule has 0 saturated heterocycles. The molecule has 0 heterocycles. The SMILES string of the molecule is CC(CC(N)=O)NC(=O)NCCC(=O)O. The number of hydrogen-bond acceptors (Lipinski definition) is 3. The number of carbonyl (C=O) groups is 3. The molecule has 0 aliphatic carbocycles. The highest BCUT2D eigenvalue weighted by Gasteiger charge is 2.09. The first-order chi connectivity index (χ1) is 6.91. The number of urea groups is 1. The van der Waals surface area contributed by atoms with Crippen LogP contribution in [-0.4, -0.2) is 35.6 Å². The number of carboxylic acid groups (broad SMARTS) is 1. The molecule has 0 aromatic carbocycles. The molecule has 86 valence electrons. The van der Waals surface area contributed by atoms with E-state index in [1.807, 2.05) is 0 Å². The predicted molar refractivity (Wildman–Crippen MR) is 52.1 cm³/mol. The molecule has 0 radical (unpaired) electrons. The summed E-state index contributed by atoms with van der Waals surface area (Å²) < 4.78 is 0. The molecule has 0 saturated carbocycles. The van der Waals surface area contributed by atoms with Crippen LogP contribution in [0.15, 0.2) is 0 Å². The molecule has 0 bridgehead atoms. The number of amides is 3. The van der Waals surface area contributed by atoms with Crippen LogP contribution in [0.3, 0.4) is 0 Å². The van der Waals surface area contributed by atoms with Crippen LogP contribution in [-0.2, 0) is 9.59 Å². The van der Waals surface area contributed by atoms with Crippen molar-refractivity contribution in [2.45, 2.75) is 25.8 Å². The van der Waals surface area contributed by atoms with Crippen molar-refractivity contribution in [1.82, 2.24) is 10.6 Å². The zero-order chi connectivity index (χ0) is 11.8. The fourth-order valence-corrected chi connectivity index (χ4v) is 0.911. The average Bonchev–Trinajstić information content (AvgIpc) is 2.00. The van der Waals surface area contributed by atoms with Gasteiger partial charge in [-0.1, -0.05) is 0 Å². The molecule has 3 amide bonds. The minimum Gasteiger partial charge on any atom is -0.481 e. The molecule has 1 atom stereocenters. The van der Waals surface area contributed by atoms with Crippen molar-refractivity contribution in [3.63, 3.8) is 0 Å². The standard InChI is InChI=1S/C8H15N3O4/c1-5(4-6(9)12)11-8(15)10-3-2-7(13)14/h5H,2-4H2,1H3,(H2,9,12)(H,13,14)(H2,10,11,15). The Balaban J connectivity index is 3.64. The maximum atomic E-state index is 11.0. The maximum absolute atomic E-state index is 11.0. The average molecular weight is 217 g/mol. The molecular weight excluding hydrogens is 202 g/mol. The van der Waals surface area contributed by atoms with Crippen LogP contribution in [0.1, 0.15) is 19.8 Å². The summed E-state index contributed by atoms with van der Waals surface area (Å²) >= 11 is 0. The minimum atomic E-state index is -0.986. The summed E-state index contributed by atoms with van der Waals surface area (Å²) in [6, 6.07) is -0.877. The molecule has 0 aliphatic heterocycles. The van der Waals surface area contributed by atoms with E-state index in [9.17, 15) is 14.4 Å². The van der Waals surface area contributed by atoms with Gasteiger partial charge in [0.05, 0.1) is 6.42 Å². The zero-order valence-electron chi connectivity index (χ0n) is 8.45. The summed E-state index contributed by atoms with van der Waals surface area (Å²) in [6.45, 7) is 1.67. The summed E-state index contributed by atoms with van der Waals surface area (Å²) in [5.74, 6) is -1.49. The van der Waals surface area contributed by atoms with Crippen molar-refractivity contribution in [3.8, 4) is 0 Å². The normalized spacial score (nSPS) is 11.5. The van der Waals surface area contributed by atoms with Crippen LogP contribution in [0.2, 0.25) is 0 Å². The number of carbonyl (C=O) groups excluding carboxylic acids is 2. The number of aliphatic carboxylic acids is 1. The van der Waals surface area contributed by atoms with Gasteiger partial charge in [-0.2, -0.15) is 0 Å².